The summed E-state index contributed by atoms with van der Waals surface area (Å²) in [5.41, 5.74) is 6.03. The second-order valence-corrected chi connectivity index (χ2v) is 11.6. The molecule has 2 heteroatoms. The SMILES string of the molecule is c1ccc2cc(-c3c4ccccc4c(-c4ccc5sc6cc7occc7cc6c5c4)c4ccccc34)ccc2c1. The lowest BCUT2D eigenvalue weighted by Crippen LogP contribution is -1.91. The van der Waals surface area contributed by atoms with Crippen molar-refractivity contribution in [3.05, 3.63) is 134 Å². The average Bonchev–Trinajstić information content (AvgIpc) is 3.61. The largest absolute Gasteiger partial charge is 0.464 e. The Bertz CT molecular complexity index is 2380. The first-order chi connectivity index (χ1) is 19.8. The molecule has 186 valence electrons. The fourth-order valence-corrected chi connectivity index (χ4v) is 7.58. The highest BCUT2D eigenvalue weighted by atomic mass is 32.1. The Morgan fingerprint density at radius 1 is 0.400 bits per heavy atom. The van der Waals surface area contributed by atoms with Crippen LogP contribution in [0.4, 0.5) is 0 Å². The summed E-state index contributed by atoms with van der Waals surface area (Å²) in [6.45, 7) is 0. The van der Waals surface area contributed by atoms with Gasteiger partial charge in [-0.05, 0) is 91.0 Å². The van der Waals surface area contributed by atoms with Crippen molar-refractivity contribution < 1.29 is 4.42 Å². The molecule has 7 aromatic carbocycles. The van der Waals surface area contributed by atoms with Gasteiger partial charge in [-0.15, -0.1) is 11.3 Å². The third-order valence-corrected chi connectivity index (χ3v) is 9.44. The lowest BCUT2D eigenvalue weighted by atomic mass is 9.85. The van der Waals surface area contributed by atoms with Gasteiger partial charge in [0.1, 0.15) is 5.58 Å². The van der Waals surface area contributed by atoms with E-state index in [9.17, 15) is 0 Å². The average molecular weight is 527 g/mol. The Morgan fingerprint density at radius 2 is 1.00 bits per heavy atom. The van der Waals surface area contributed by atoms with Crippen LogP contribution in [-0.4, -0.2) is 0 Å². The van der Waals surface area contributed by atoms with Gasteiger partial charge in [-0.3, -0.25) is 0 Å². The first-order valence-electron chi connectivity index (χ1n) is 13.6. The minimum atomic E-state index is 0.945. The van der Waals surface area contributed by atoms with Crippen LogP contribution in [0.2, 0.25) is 0 Å². The van der Waals surface area contributed by atoms with Crippen LogP contribution < -0.4 is 0 Å². The van der Waals surface area contributed by atoms with Crippen LogP contribution in [0.1, 0.15) is 0 Å². The van der Waals surface area contributed by atoms with Gasteiger partial charge in [0, 0.05) is 25.6 Å². The molecule has 0 aliphatic rings. The van der Waals surface area contributed by atoms with Crippen molar-refractivity contribution in [1.82, 2.24) is 0 Å². The zero-order valence-electron chi connectivity index (χ0n) is 21.5. The molecular weight excluding hydrogens is 504 g/mol. The van der Waals surface area contributed by atoms with Crippen molar-refractivity contribution in [2.45, 2.75) is 0 Å². The highest BCUT2D eigenvalue weighted by Crippen LogP contribution is 2.46. The lowest BCUT2D eigenvalue weighted by molar-refractivity contribution is 0.616. The van der Waals surface area contributed by atoms with E-state index in [0.29, 0.717) is 0 Å². The standard InChI is InChI=1S/C38H22OS/c1-2-8-24-19-26(14-13-23(24)7-1)37-28-9-3-5-11-30(28)38(31-12-6-4-10-29(31)37)27-15-16-35-32(21-27)33-20-25-17-18-39-34(25)22-36(33)40-35/h1-22H. The van der Waals surface area contributed by atoms with Crippen LogP contribution in [0.5, 0.6) is 0 Å². The monoisotopic (exact) mass is 526 g/mol. The van der Waals surface area contributed by atoms with Crippen LogP contribution in [-0.2, 0) is 0 Å². The molecule has 2 heterocycles. The van der Waals surface area contributed by atoms with Crippen molar-refractivity contribution in [1.29, 1.82) is 0 Å². The minimum Gasteiger partial charge on any atom is -0.464 e. The normalized spacial score (nSPS) is 12.0. The molecule has 1 nitrogen and oxygen atoms in total. The molecule has 0 atom stereocenters. The van der Waals surface area contributed by atoms with Gasteiger partial charge in [-0.1, -0.05) is 91.0 Å². The second-order valence-electron chi connectivity index (χ2n) is 10.5. The van der Waals surface area contributed by atoms with Gasteiger partial charge in [-0.2, -0.15) is 0 Å². The molecule has 9 aromatic rings. The van der Waals surface area contributed by atoms with Gasteiger partial charge in [0.15, 0.2) is 0 Å². The summed E-state index contributed by atoms with van der Waals surface area (Å²) in [6, 6.07) is 46.7. The summed E-state index contributed by atoms with van der Waals surface area (Å²) in [6.07, 6.45) is 1.78. The fraction of sp³-hybridized carbons (Fsp3) is 0. The van der Waals surface area contributed by atoms with Crippen LogP contribution in [0, 0.1) is 0 Å². The van der Waals surface area contributed by atoms with Crippen molar-refractivity contribution in [2.24, 2.45) is 0 Å². The zero-order valence-corrected chi connectivity index (χ0v) is 22.3. The summed E-state index contributed by atoms with van der Waals surface area (Å²) in [5, 5.41) is 11.4. The third-order valence-electron chi connectivity index (χ3n) is 8.30. The van der Waals surface area contributed by atoms with E-state index in [1.807, 2.05) is 11.3 Å². The quantitative estimate of drug-likeness (QED) is 0.204. The molecule has 0 aliphatic carbocycles. The fourth-order valence-electron chi connectivity index (χ4n) is 6.48. The maximum atomic E-state index is 5.69. The predicted octanol–water partition coefficient (Wildman–Crippen LogP) is 11.6. The number of furan rings is 1. The number of hydrogen-bond donors (Lipinski definition) is 0. The number of rotatable bonds is 2. The summed E-state index contributed by atoms with van der Waals surface area (Å²) in [7, 11) is 0. The van der Waals surface area contributed by atoms with E-state index in [2.05, 4.69) is 127 Å². The first-order valence-corrected chi connectivity index (χ1v) is 14.4. The smallest absolute Gasteiger partial charge is 0.135 e. The van der Waals surface area contributed by atoms with Gasteiger partial charge >= 0.3 is 0 Å². The van der Waals surface area contributed by atoms with Crippen molar-refractivity contribution in [3.63, 3.8) is 0 Å². The van der Waals surface area contributed by atoms with Crippen LogP contribution >= 0.6 is 11.3 Å². The topological polar surface area (TPSA) is 13.1 Å². The molecule has 0 fully saturated rings. The molecule has 0 N–H and O–H groups in total. The summed E-state index contributed by atoms with van der Waals surface area (Å²) >= 11 is 1.83. The highest BCUT2D eigenvalue weighted by Gasteiger charge is 2.18. The van der Waals surface area contributed by atoms with Gasteiger partial charge in [0.2, 0.25) is 0 Å². The number of benzene rings is 7. The zero-order chi connectivity index (χ0) is 26.2. The Hall–Kier alpha value is -4.92. The second kappa shape index (κ2) is 8.29. The predicted molar refractivity (Wildman–Crippen MR) is 172 cm³/mol. The molecule has 0 unspecified atom stereocenters. The van der Waals surface area contributed by atoms with Crippen LogP contribution in [0.15, 0.2) is 138 Å². The van der Waals surface area contributed by atoms with E-state index in [0.717, 1.165) is 11.0 Å². The lowest BCUT2D eigenvalue weighted by Gasteiger charge is -2.18. The molecule has 9 rings (SSSR count). The molecule has 2 aromatic heterocycles. The van der Waals surface area contributed by atoms with Crippen molar-refractivity contribution in [3.8, 4) is 22.3 Å². The molecule has 0 bridgehead atoms. The maximum absolute atomic E-state index is 5.69. The molecule has 0 radical (unpaired) electrons. The van der Waals surface area contributed by atoms with E-state index >= 15 is 0 Å². The van der Waals surface area contributed by atoms with Crippen LogP contribution in [0.3, 0.4) is 0 Å². The van der Waals surface area contributed by atoms with E-state index in [-0.39, 0.29) is 0 Å². The Labute approximate surface area is 234 Å². The van der Waals surface area contributed by atoms with Gasteiger partial charge in [-0.25, -0.2) is 0 Å². The van der Waals surface area contributed by atoms with Crippen LogP contribution in [0.25, 0.3) is 85.7 Å². The minimum absolute atomic E-state index is 0.945. The van der Waals surface area contributed by atoms with E-state index in [1.54, 1.807) is 6.26 Å². The molecular formula is C38H22OS. The molecule has 0 spiro atoms. The molecule has 40 heavy (non-hydrogen) atoms. The van der Waals surface area contributed by atoms with Gasteiger partial charge in [0.05, 0.1) is 6.26 Å². The molecule has 0 saturated carbocycles. The maximum Gasteiger partial charge on any atom is 0.135 e. The number of thiophene rings is 1. The van der Waals surface area contributed by atoms with Crippen molar-refractivity contribution >= 4 is 74.8 Å². The van der Waals surface area contributed by atoms with Crippen molar-refractivity contribution in [2.75, 3.05) is 0 Å². The summed E-state index contributed by atoms with van der Waals surface area (Å²) in [5.74, 6) is 0. The molecule has 0 amide bonds. The van der Waals surface area contributed by atoms with Gasteiger partial charge < -0.3 is 4.42 Å². The molecule has 0 saturated heterocycles. The number of fused-ring (bicyclic) bond motifs is 7. The Kier molecular flexibility index (Phi) is 4.55. The Balaban J connectivity index is 1.37. The van der Waals surface area contributed by atoms with E-state index in [4.69, 9.17) is 4.42 Å². The first kappa shape index (κ1) is 22.0. The summed E-state index contributed by atoms with van der Waals surface area (Å²) in [4.78, 5) is 0. The van der Waals surface area contributed by atoms with Gasteiger partial charge in [0.25, 0.3) is 0 Å². The van der Waals surface area contributed by atoms with E-state index in [1.165, 1.54) is 74.7 Å². The Morgan fingerprint density at radius 3 is 1.73 bits per heavy atom. The highest BCUT2D eigenvalue weighted by molar-refractivity contribution is 7.25. The van der Waals surface area contributed by atoms with E-state index < -0.39 is 0 Å². The number of hydrogen-bond acceptors (Lipinski definition) is 2. The summed E-state index contributed by atoms with van der Waals surface area (Å²) < 4.78 is 8.25. The third kappa shape index (κ3) is 3.14. The molecule has 0 aliphatic heterocycles.